The van der Waals surface area contributed by atoms with E-state index in [1.54, 1.807) is 22.7 Å². The van der Waals surface area contributed by atoms with Crippen molar-refractivity contribution in [3.8, 4) is 11.4 Å². The molecule has 0 spiro atoms. The molecule has 3 rings (SSSR count). The van der Waals surface area contributed by atoms with Gasteiger partial charge >= 0.3 is 0 Å². The molecule has 0 saturated heterocycles. The number of hydrogen-bond acceptors (Lipinski definition) is 4. The van der Waals surface area contributed by atoms with Gasteiger partial charge in [-0.3, -0.25) is 4.40 Å². The second kappa shape index (κ2) is 3.71. The monoisotopic (exact) mass is 245 g/mol. The molecule has 0 radical (unpaired) electrons. The van der Waals surface area contributed by atoms with Gasteiger partial charge in [0.05, 0.1) is 0 Å². The van der Waals surface area contributed by atoms with E-state index in [0.29, 0.717) is 22.3 Å². The van der Waals surface area contributed by atoms with Crippen LogP contribution in [0.5, 0.6) is 0 Å². The molecule has 0 atom stereocenters. The van der Waals surface area contributed by atoms with Crippen LogP contribution in [0.4, 0.5) is 5.69 Å². The zero-order valence-electron chi connectivity index (χ0n) is 8.71. The summed E-state index contributed by atoms with van der Waals surface area (Å²) in [4.78, 5) is 4.10. The molecule has 2 N–H and O–H groups in total. The van der Waals surface area contributed by atoms with Crippen molar-refractivity contribution in [2.45, 2.75) is 0 Å². The van der Waals surface area contributed by atoms with Gasteiger partial charge in [0.2, 0.25) is 0 Å². The summed E-state index contributed by atoms with van der Waals surface area (Å²) in [6, 6.07) is 7.09. The molecule has 0 amide bonds. The molecular weight excluding hydrogens is 238 g/mol. The fourth-order valence-electron chi connectivity index (χ4n) is 1.66. The lowest BCUT2D eigenvalue weighted by Gasteiger charge is -2.03. The maximum atomic E-state index is 5.92. The van der Waals surface area contributed by atoms with Crippen LogP contribution in [-0.2, 0) is 0 Å². The molecule has 84 valence electrons. The van der Waals surface area contributed by atoms with Crippen LogP contribution in [0.15, 0.2) is 36.7 Å². The zero-order valence-corrected chi connectivity index (χ0v) is 9.46. The Morgan fingerprint density at radius 3 is 2.94 bits per heavy atom. The Labute approximate surface area is 102 Å². The van der Waals surface area contributed by atoms with E-state index >= 15 is 0 Å². The average Bonchev–Trinajstić information content (AvgIpc) is 2.73. The van der Waals surface area contributed by atoms with Crippen LogP contribution in [0.25, 0.3) is 17.2 Å². The van der Waals surface area contributed by atoms with Gasteiger partial charge in [-0.25, -0.2) is 4.98 Å². The Hall–Kier alpha value is -2.14. The molecule has 17 heavy (non-hydrogen) atoms. The number of hydrogen-bond donors (Lipinski definition) is 1. The summed E-state index contributed by atoms with van der Waals surface area (Å²) in [6.45, 7) is 0. The summed E-state index contributed by atoms with van der Waals surface area (Å²) >= 11 is 5.86. The SMILES string of the molecule is Nc1cc(Cl)ccc1-c1nnc2ncccn12. The van der Waals surface area contributed by atoms with Gasteiger partial charge in [-0.2, -0.15) is 0 Å². The van der Waals surface area contributed by atoms with E-state index in [-0.39, 0.29) is 0 Å². The van der Waals surface area contributed by atoms with Crippen molar-refractivity contribution in [3.63, 3.8) is 0 Å². The van der Waals surface area contributed by atoms with Crippen LogP contribution in [0.3, 0.4) is 0 Å². The highest BCUT2D eigenvalue weighted by molar-refractivity contribution is 6.31. The summed E-state index contributed by atoms with van der Waals surface area (Å²) in [5.74, 6) is 1.19. The van der Waals surface area contributed by atoms with Gasteiger partial charge in [-0.05, 0) is 24.3 Å². The van der Waals surface area contributed by atoms with Crippen LogP contribution < -0.4 is 5.73 Å². The number of rotatable bonds is 1. The highest BCUT2D eigenvalue weighted by Gasteiger charge is 2.11. The summed E-state index contributed by atoms with van der Waals surface area (Å²) in [5, 5.41) is 8.65. The van der Waals surface area contributed by atoms with Crippen molar-refractivity contribution in [1.82, 2.24) is 19.6 Å². The Morgan fingerprint density at radius 2 is 2.12 bits per heavy atom. The zero-order chi connectivity index (χ0) is 11.8. The van der Waals surface area contributed by atoms with Crippen molar-refractivity contribution in [1.29, 1.82) is 0 Å². The van der Waals surface area contributed by atoms with Crippen molar-refractivity contribution in [3.05, 3.63) is 41.7 Å². The Bertz CT molecular complexity index is 691. The Morgan fingerprint density at radius 1 is 1.24 bits per heavy atom. The predicted molar refractivity (Wildman–Crippen MR) is 65.6 cm³/mol. The molecule has 2 heterocycles. The maximum Gasteiger partial charge on any atom is 0.255 e. The molecule has 6 heteroatoms. The van der Waals surface area contributed by atoms with Crippen molar-refractivity contribution >= 4 is 23.1 Å². The summed E-state index contributed by atoms with van der Waals surface area (Å²) in [5.41, 5.74) is 7.27. The van der Waals surface area contributed by atoms with Gasteiger partial charge in [0, 0.05) is 28.7 Å². The lowest BCUT2D eigenvalue weighted by molar-refractivity contribution is 1.10. The van der Waals surface area contributed by atoms with E-state index in [1.165, 1.54) is 0 Å². The summed E-state index contributed by atoms with van der Waals surface area (Å²) in [6.07, 6.45) is 3.50. The number of nitrogens with zero attached hydrogens (tertiary/aromatic N) is 4. The minimum Gasteiger partial charge on any atom is -0.398 e. The first-order chi connectivity index (χ1) is 8.25. The topological polar surface area (TPSA) is 69.1 Å². The molecule has 0 unspecified atom stereocenters. The second-order valence-corrected chi connectivity index (χ2v) is 3.98. The Balaban J connectivity index is 2.27. The molecule has 0 bridgehead atoms. The number of fused-ring (bicyclic) bond motifs is 1. The predicted octanol–water partition coefficient (Wildman–Crippen LogP) is 2.03. The molecule has 0 fully saturated rings. The lowest BCUT2D eigenvalue weighted by Crippen LogP contribution is -1.95. The van der Waals surface area contributed by atoms with E-state index in [4.69, 9.17) is 17.3 Å². The minimum absolute atomic E-state index is 0.539. The molecular formula is C11H8ClN5. The van der Waals surface area contributed by atoms with E-state index in [0.717, 1.165) is 5.56 Å². The normalized spacial score (nSPS) is 10.9. The first-order valence-corrected chi connectivity index (χ1v) is 5.34. The van der Waals surface area contributed by atoms with Crippen LogP contribution >= 0.6 is 11.6 Å². The molecule has 3 aromatic rings. The number of benzene rings is 1. The fourth-order valence-corrected chi connectivity index (χ4v) is 1.84. The fraction of sp³-hybridized carbons (Fsp3) is 0. The van der Waals surface area contributed by atoms with E-state index in [2.05, 4.69) is 15.2 Å². The first-order valence-electron chi connectivity index (χ1n) is 4.97. The van der Waals surface area contributed by atoms with E-state index in [1.807, 2.05) is 18.3 Å². The van der Waals surface area contributed by atoms with Gasteiger partial charge in [-0.1, -0.05) is 11.6 Å². The molecule has 0 aliphatic carbocycles. The average molecular weight is 246 g/mol. The quantitative estimate of drug-likeness (QED) is 0.666. The Kier molecular flexibility index (Phi) is 2.19. The summed E-state index contributed by atoms with van der Waals surface area (Å²) in [7, 11) is 0. The largest absolute Gasteiger partial charge is 0.398 e. The molecule has 2 aromatic heterocycles. The van der Waals surface area contributed by atoms with Crippen molar-refractivity contribution < 1.29 is 0 Å². The van der Waals surface area contributed by atoms with Gasteiger partial charge in [-0.15, -0.1) is 10.2 Å². The van der Waals surface area contributed by atoms with Crippen LogP contribution in [-0.4, -0.2) is 19.6 Å². The number of nitrogen functional groups attached to an aromatic ring is 1. The highest BCUT2D eigenvalue weighted by Crippen LogP contribution is 2.26. The van der Waals surface area contributed by atoms with E-state index < -0.39 is 0 Å². The van der Waals surface area contributed by atoms with Crippen LogP contribution in [0.2, 0.25) is 5.02 Å². The van der Waals surface area contributed by atoms with Crippen molar-refractivity contribution in [2.75, 3.05) is 5.73 Å². The molecule has 1 aromatic carbocycles. The van der Waals surface area contributed by atoms with Gasteiger partial charge in [0.15, 0.2) is 5.82 Å². The number of halogens is 1. The third-order valence-electron chi connectivity index (χ3n) is 2.44. The van der Waals surface area contributed by atoms with E-state index in [9.17, 15) is 0 Å². The van der Waals surface area contributed by atoms with Crippen LogP contribution in [0.1, 0.15) is 0 Å². The molecule has 0 aliphatic heterocycles. The lowest BCUT2D eigenvalue weighted by atomic mass is 10.1. The number of anilines is 1. The van der Waals surface area contributed by atoms with Gasteiger partial charge in [0.1, 0.15) is 0 Å². The maximum absolute atomic E-state index is 5.92. The van der Waals surface area contributed by atoms with Gasteiger partial charge < -0.3 is 5.73 Å². The minimum atomic E-state index is 0.539. The highest BCUT2D eigenvalue weighted by atomic mass is 35.5. The van der Waals surface area contributed by atoms with Gasteiger partial charge in [0.25, 0.3) is 5.78 Å². The third-order valence-corrected chi connectivity index (χ3v) is 2.68. The summed E-state index contributed by atoms with van der Waals surface area (Å²) < 4.78 is 1.78. The standard InChI is InChI=1S/C11H8ClN5/c12-7-2-3-8(9(13)6-7)10-15-16-11-14-4-1-5-17(10)11/h1-6H,13H2. The second-order valence-electron chi connectivity index (χ2n) is 3.54. The smallest absolute Gasteiger partial charge is 0.255 e. The molecule has 5 nitrogen and oxygen atoms in total. The number of aromatic nitrogens is 4. The first kappa shape index (κ1) is 10.0. The van der Waals surface area contributed by atoms with Crippen LogP contribution in [0, 0.1) is 0 Å². The molecule has 0 aliphatic rings. The molecule has 0 saturated carbocycles. The number of nitrogens with two attached hydrogens (primary N) is 1. The third kappa shape index (κ3) is 1.60. The van der Waals surface area contributed by atoms with Crippen molar-refractivity contribution in [2.24, 2.45) is 0 Å².